The van der Waals surface area contributed by atoms with Gasteiger partial charge in [0.1, 0.15) is 5.58 Å². The van der Waals surface area contributed by atoms with Crippen LogP contribution in [-0.4, -0.2) is 59.0 Å². The van der Waals surface area contributed by atoms with E-state index in [1.165, 1.54) is 22.2 Å². The summed E-state index contributed by atoms with van der Waals surface area (Å²) in [6.07, 6.45) is 9.75. The number of hydrogen-bond donors (Lipinski definition) is 0. The predicted molar refractivity (Wildman–Crippen MR) is 133 cm³/mol. The van der Waals surface area contributed by atoms with Crippen molar-refractivity contribution in [1.82, 2.24) is 19.8 Å². The lowest BCUT2D eigenvalue weighted by Crippen LogP contribution is -2.47. The largest absolute Gasteiger partial charge is 0.464 e. The second kappa shape index (κ2) is 10.3. The number of hydrogen-bond acceptors (Lipinski definition) is 5. The number of nitrogens with zero attached hydrogens (tertiary/aromatic N) is 4. The molecule has 0 saturated carbocycles. The highest BCUT2D eigenvalue weighted by atomic mass is 16.3. The molecule has 4 heterocycles. The molecule has 3 aromatic heterocycles. The van der Waals surface area contributed by atoms with Crippen molar-refractivity contribution in [1.29, 1.82) is 0 Å². The highest BCUT2D eigenvalue weighted by molar-refractivity contribution is 5.86. The van der Waals surface area contributed by atoms with Gasteiger partial charge in [-0.05, 0) is 60.8 Å². The highest BCUT2D eigenvalue weighted by Crippen LogP contribution is 2.28. The van der Waals surface area contributed by atoms with E-state index in [1.54, 1.807) is 0 Å². The van der Waals surface area contributed by atoms with Gasteiger partial charge in [-0.2, -0.15) is 0 Å². The van der Waals surface area contributed by atoms with Gasteiger partial charge in [0.25, 0.3) is 0 Å². The molecule has 1 saturated heterocycles. The summed E-state index contributed by atoms with van der Waals surface area (Å²) in [7, 11) is 0. The second-order valence-corrected chi connectivity index (χ2v) is 9.12. The molecule has 5 rings (SSSR count). The molecule has 1 aliphatic rings. The van der Waals surface area contributed by atoms with Gasteiger partial charge >= 0.3 is 0 Å². The number of furan rings is 1. The minimum absolute atomic E-state index is 0.476. The van der Waals surface area contributed by atoms with E-state index < -0.39 is 0 Å². The molecule has 1 atom stereocenters. The predicted octanol–water partition coefficient (Wildman–Crippen LogP) is 5.24. The van der Waals surface area contributed by atoms with Crippen molar-refractivity contribution in [3.63, 3.8) is 0 Å². The Bertz CT molecular complexity index is 1150. The van der Waals surface area contributed by atoms with Crippen molar-refractivity contribution < 1.29 is 4.42 Å². The van der Waals surface area contributed by atoms with Gasteiger partial charge in [0, 0.05) is 73.9 Å². The molecule has 4 aromatic rings. The second-order valence-electron chi connectivity index (χ2n) is 9.12. The molecular weight excluding hydrogens is 408 g/mol. The van der Waals surface area contributed by atoms with Crippen molar-refractivity contribution in [2.45, 2.75) is 25.7 Å². The first-order valence-electron chi connectivity index (χ1n) is 12.0. The zero-order chi connectivity index (χ0) is 22.5. The van der Waals surface area contributed by atoms with Crippen molar-refractivity contribution in [2.24, 2.45) is 0 Å². The fourth-order valence-electron chi connectivity index (χ4n) is 4.83. The van der Waals surface area contributed by atoms with Gasteiger partial charge in [-0.1, -0.05) is 25.1 Å². The Hall–Kier alpha value is -3.02. The summed E-state index contributed by atoms with van der Waals surface area (Å²) in [6, 6.07) is 16.7. The first-order valence-corrected chi connectivity index (χ1v) is 12.0. The fraction of sp³-hybridized carbons (Fsp3) is 0.357. The maximum absolute atomic E-state index is 5.83. The average Bonchev–Trinajstić information content (AvgIpc) is 3.28. The molecule has 5 heteroatoms. The molecule has 1 fully saturated rings. The molecule has 0 spiro atoms. The Morgan fingerprint density at radius 1 is 0.939 bits per heavy atom. The van der Waals surface area contributed by atoms with E-state index in [2.05, 4.69) is 63.1 Å². The van der Waals surface area contributed by atoms with Crippen LogP contribution in [0.25, 0.3) is 22.1 Å². The highest BCUT2D eigenvalue weighted by Gasteiger charge is 2.19. The average molecular weight is 441 g/mol. The molecule has 170 valence electrons. The van der Waals surface area contributed by atoms with Crippen molar-refractivity contribution in [2.75, 3.05) is 39.3 Å². The number of rotatable bonds is 8. The van der Waals surface area contributed by atoms with E-state index in [-0.39, 0.29) is 0 Å². The molecule has 0 bridgehead atoms. The summed E-state index contributed by atoms with van der Waals surface area (Å²) in [4.78, 5) is 14.0. The zero-order valence-electron chi connectivity index (χ0n) is 19.4. The van der Waals surface area contributed by atoms with Crippen LogP contribution in [-0.2, 0) is 6.42 Å². The summed E-state index contributed by atoms with van der Waals surface area (Å²) < 4.78 is 5.83. The van der Waals surface area contributed by atoms with E-state index in [0.717, 1.165) is 63.3 Å². The monoisotopic (exact) mass is 440 g/mol. The quantitative estimate of drug-likeness (QED) is 0.375. The first kappa shape index (κ1) is 21.8. The van der Waals surface area contributed by atoms with Crippen LogP contribution in [0, 0.1) is 0 Å². The normalized spacial score (nSPS) is 16.3. The lowest BCUT2D eigenvalue weighted by molar-refractivity contribution is 0.127. The van der Waals surface area contributed by atoms with E-state index in [4.69, 9.17) is 4.42 Å². The standard InChI is InChI=1S/C28H32N4O/c1-22(27-8-2-3-12-30-27)20-32-16-14-31(15-17-32)13-5-7-25-21-33-28-10-9-23(18-26(25)28)24-6-4-11-29-19-24/h2-4,6,8-12,18-19,21-22H,5,7,13-17,20H2,1H3. The molecule has 1 unspecified atom stereocenters. The number of pyridine rings is 2. The molecule has 5 nitrogen and oxygen atoms in total. The Balaban J connectivity index is 1.11. The zero-order valence-corrected chi connectivity index (χ0v) is 19.4. The van der Waals surface area contributed by atoms with E-state index >= 15 is 0 Å². The van der Waals surface area contributed by atoms with Crippen LogP contribution in [0.3, 0.4) is 0 Å². The summed E-state index contributed by atoms with van der Waals surface area (Å²) in [5.74, 6) is 0.476. The van der Waals surface area contributed by atoms with Gasteiger partial charge < -0.3 is 14.2 Å². The minimum atomic E-state index is 0.476. The third kappa shape index (κ3) is 5.32. The van der Waals surface area contributed by atoms with Gasteiger partial charge in [0.2, 0.25) is 0 Å². The SMILES string of the molecule is CC(CN1CCN(CCCc2coc3ccc(-c4cccnc4)cc23)CC1)c1ccccn1. The van der Waals surface area contributed by atoms with Gasteiger partial charge in [0.05, 0.1) is 6.26 Å². The Morgan fingerprint density at radius 2 is 1.82 bits per heavy atom. The minimum Gasteiger partial charge on any atom is -0.464 e. The summed E-state index contributed by atoms with van der Waals surface area (Å²) in [5.41, 5.74) is 5.79. The summed E-state index contributed by atoms with van der Waals surface area (Å²) in [6.45, 7) is 9.08. The Labute approximate surface area is 196 Å². The maximum atomic E-state index is 5.83. The van der Waals surface area contributed by atoms with Crippen LogP contribution in [0.15, 0.2) is 77.8 Å². The molecule has 1 aromatic carbocycles. The van der Waals surface area contributed by atoms with Crippen LogP contribution < -0.4 is 0 Å². The van der Waals surface area contributed by atoms with Crippen molar-refractivity contribution in [3.8, 4) is 11.1 Å². The molecule has 1 aliphatic heterocycles. The van der Waals surface area contributed by atoms with Gasteiger partial charge in [-0.15, -0.1) is 0 Å². The van der Waals surface area contributed by atoms with Gasteiger partial charge in [-0.3, -0.25) is 9.97 Å². The maximum Gasteiger partial charge on any atom is 0.134 e. The lowest BCUT2D eigenvalue weighted by atomic mass is 10.0. The molecular formula is C28H32N4O. The summed E-state index contributed by atoms with van der Waals surface area (Å²) >= 11 is 0. The summed E-state index contributed by atoms with van der Waals surface area (Å²) in [5, 5.41) is 1.23. The molecule has 33 heavy (non-hydrogen) atoms. The molecule has 0 N–H and O–H groups in total. The van der Waals surface area contributed by atoms with Crippen LogP contribution in [0.2, 0.25) is 0 Å². The molecule has 0 amide bonds. The van der Waals surface area contributed by atoms with Gasteiger partial charge in [0.15, 0.2) is 0 Å². The molecule has 0 radical (unpaired) electrons. The van der Waals surface area contributed by atoms with Crippen LogP contribution in [0.1, 0.15) is 30.5 Å². The first-order chi connectivity index (χ1) is 16.3. The third-order valence-corrected chi connectivity index (χ3v) is 6.76. The fourth-order valence-corrected chi connectivity index (χ4v) is 4.83. The third-order valence-electron chi connectivity index (χ3n) is 6.76. The van der Waals surface area contributed by atoms with Crippen LogP contribution in [0.4, 0.5) is 0 Å². The van der Waals surface area contributed by atoms with Crippen LogP contribution in [0.5, 0.6) is 0 Å². The number of fused-ring (bicyclic) bond motifs is 1. The Morgan fingerprint density at radius 3 is 2.61 bits per heavy atom. The van der Waals surface area contributed by atoms with Gasteiger partial charge in [-0.25, -0.2) is 0 Å². The van der Waals surface area contributed by atoms with Crippen molar-refractivity contribution in [3.05, 3.63) is 84.6 Å². The van der Waals surface area contributed by atoms with E-state index in [9.17, 15) is 0 Å². The van der Waals surface area contributed by atoms with Crippen molar-refractivity contribution >= 4 is 11.0 Å². The number of aromatic nitrogens is 2. The smallest absolute Gasteiger partial charge is 0.134 e. The number of aryl methyl sites for hydroxylation is 1. The molecule has 0 aliphatic carbocycles. The van der Waals surface area contributed by atoms with Crippen LogP contribution >= 0.6 is 0 Å². The Kier molecular flexibility index (Phi) is 6.79. The topological polar surface area (TPSA) is 45.4 Å². The number of piperazine rings is 1. The lowest BCUT2D eigenvalue weighted by Gasteiger charge is -2.35. The van der Waals surface area contributed by atoms with E-state index in [0.29, 0.717) is 5.92 Å². The number of benzene rings is 1. The van der Waals surface area contributed by atoms with E-state index in [1.807, 2.05) is 37.0 Å².